The van der Waals surface area contributed by atoms with Gasteiger partial charge in [-0.1, -0.05) is 0 Å². The molecule has 3 N–H and O–H groups in total. The molecule has 0 saturated heterocycles. The number of hydrogen-bond acceptors (Lipinski definition) is 27. The van der Waals surface area contributed by atoms with Crippen LogP contribution < -0.4 is 169 Å². The summed E-state index contributed by atoms with van der Waals surface area (Å²) in [5.41, 5.74) is 2.20. The van der Waals surface area contributed by atoms with Crippen molar-refractivity contribution in [3.8, 4) is 5.75 Å². The molecule has 0 aromatic heterocycles. The first-order valence-electron chi connectivity index (χ1n) is 14.9. The standard InChI is InChI=1S/C27H25N5O21S6.5Na/c28-23-22-14(12-21(58(43,44)45)25(23)32-29-15-1-3-16(4-2-15)56(39,40)9-7-49-59(46,47)48)11-20(54-52-50-36)24(26(22)33)31-30-19-13-17(5-6-18(19)27(34)35)57(41,42)10-8-55(38)53-51-37;;;;;/h1-6,11-13,33,36-37H,7-10,28H2,(H,34,35)(H,43,44,45)(H,46,47,48);;;;;/q;5*+1/p-5. The van der Waals surface area contributed by atoms with Crippen LogP contribution in [0.2, 0.25) is 0 Å². The van der Waals surface area contributed by atoms with Gasteiger partial charge in [-0.05, 0) is 60.0 Å². The van der Waals surface area contributed by atoms with E-state index in [0.717, 1.165) is 42.5 Å². The summed E-state index contributed by atoms with van der Waals surface area (Å²) in [7, 11) is -19.2. The van der Waals surface area contributed by atoms with Gasteiger partial charge in [0.25, 0.3) is 0 Å². The van der Waals surface area contributed by atoms with Crippen molar-refractivity contribution in [3.05, 3.63) is 60.2 Å². The van der Waals surface area contributed by atoms with Crippen LogP contribution in [0.4, 0.5) is 28.4 Å². The quantitative estimate of drug-likeness (QED) is 0.0121. The molecule has 0 heterocycles. The maximum Gasteiger partial charge on any atom is 1.00 e. The summed E-state index contributed by atoms with van der Waals surface area (Å²) in [6.07, 6.45) is 0. The minimum absolute atomic E-state index is 0. The van der Waals surface area contributed by atoms with Crippen LogP contribution in [-0.4, -0.2) is 81.9 Å². The number of carboxylic acid groups (broad SMARTS) is 1. The molecule has 4 aromatic carbocycles. The molecular formula is C27H20N5Na5O21S6. The zero-order valence-electron chi connectivity index (χ0n) is 33.5. The van der Waals surface area contributed by atoms with Gasteiger partial charge in [0.15, 0.2) is 36.5 Å². The van der Waals surface area contributed by atoms with E-state index in [0.29, 0.717) is 12.1 Å². The monoisotopic (exact) mass is 1060 g/mol. The SMILES string of the molecule is Nc1c(N=Nc2ccc(S(=O)(=O)CCOS(=O)(=O)[O-])cc2)c(S(=O)(=O)[O-])cc2cc(SOO[O-])c(N=Nc3cc(S(=O)(=O)CCS(=O)OO[O-])ccc3C(=O)[O-])c(O)c12.[Na+].[Na+].[Na+].[Na+].[Na+]. The summed E-state index contributed by atoms with van der Waals surface area (Å²) < 4.78 is 143. The van der Waals surface area contributed by atoms with Gasteiger partial charge in [0, 0.05) is 5.56 Å². The second-order valence-corrected chi connectivity index (χ2v) is 19.4. The average molecular weight is 1060 g/mol. The first-order valence-corrected chi connectivity index (χ1v) is 22.9. The fourth-order valence-corrected chi connectivity index (χ4v) is 9.62. The number of carbonyl (C=O) groups is 1. The van der Waals surface area contributed by atoms with Gasteiger partial charge >= 0.3 is 148 Å². The molecule has 0 amide bonds. The smallest absolute Gasteiger partial charge is 0.744 e. The summed E-state index contributed by atoms with van der Waals surface area (Å²) in [5.74, 6) is -5.49. The van der Waals surface area contributed by atoms with Crippen LogP contribution in [0.3, 0.4) is 0 Å². The number of aromatic hydroxyl groups is 1. The van der Waals surface area contributed by atoms with E-state index in [-0.39, 0.29) is 171 Å². The largest absolute Gasteiger partial charge is 1.00 e. The molecule has 0 saturated carbocycles. The third kappa shape index (κ3) is 18.6. The third-order valence-electron chi connectivity index (χ3n) is 7.20. The van der Waals surface area contributed by atoms with Crippen molar-refractivity contribution in [2.75, 3.05) is 29.6 Å². The molecule has 0 fully saturated rings. The number of nitrogens with zero attached hydrogens (tertiary/aromatic N) is 4. The molecule has 0 aliphatic rings. The minimum Gasteiger partial charge on any atom is -0.744 e. The number of azo groups is 2. The number of sulfone groups is 2. The molecule has 0 aliphatic carbocycles. The summed E-state index contributed by atoms with van der Waals surface area (Å²) in [6, 6.07) is 7.92. The Balaban J connectivity index is 0. The molecule has 1 unspecified atom stereocenters. The van der Waals surface area contributed by atoms with E-state index in [1.807, 2.05) is 0 Å². The van der Waals surface area contributed by atoms with Crippen LogP contribution >= 0.6 is 12.0 Å². The third-order valence-corrected chi connectivity index (χ3v) is 13.5. The van der Waals surface area contributed by atoms with Gasteiger partial charge in [-0.25, -0.2) is 37.9 Å². The number of fused-ring (bicyclic) bond motifs is 1. The number of carboxylic acids is 1. The minimum atomic E-state index is -5.47. The molecule has 26 nitrogen and oxygen atoms in total. The normalized spacial score (nSPS) is 12.4. The van der Waals surface area contributed by atoms with Crippen molar-refractivity contribution in [2.24, 2.45) is 20.5 Å². The molecular weight excluding hydrogens is 1040 g/mol. The van der Waals surface area contributed by atoms with Crippen LogP contribution in [0, 0.1) is 0 Å². The number of anilines is 1. The number of nitrogens with two attached hydrogens (primary N) is 1. The zero-order valence-corrected chi connectivity index (χ0v) is 48.4. The van der Waals surface area contributed by atoms with Gasteiger partial charge in [0.05, 0.1) is 83.9 Å². The molecule has 0 radical (unpaired) electrons. The number of aromatic carboxylic acids is 1. The van der Waals surface area contributed by atoms with E-state index in [1.54, 1.807) is 0 Å². The van der Waals surface area contributed by atoms with Gasteiger partial charge in [0.2, 0.25) is 10.4 Å². The fourth-order valence-electron chi connectivity index (χ4n) is 4.63. The van der Waals surface area contributed by atoms with Crippen molar-refractivity contribution < 1.29 is 243 Å². The van der Waals surface area contributed by atoms with Gasteiger partial charge in [-0.3, -0.25) is 14.3 Å². The number of carbonyl (C=O) groups excluding carboxylic acids is 1. The van der Waals surface area contributed by atoms with Gasteiger partial charge < -0.3 is 40.4 Å². The van der Waals surface area contributed by atoms with E-state index >= 15 is 0 Å². The van der Waals surface area contributed by atoms with Crippen LogP contribution in [-0.2, 0) is 74.2 Å². The number of phenolic OH excluding ortho intramolecular Hbond substituents is 1. The molecule has 1 atom stereocenters. The second kappa shape index (κ2) is 28.9. The molecule has 4 aromatic rings. The maximum atomic E-state index is 12.9. The maximum absolute atomic E-state index is 12.9. The van der Waals surface area contributed by atoms with Crippen LogP contribution in [0.1, 0.15) is 10.4 Å². The Labute approximate surface area is 480 Å². The van der Waals surface area contributed by atoms with Gasteiger partial charge in [-0.15, -0.1) is 19.7 Å². The molecule has 37 heteroatoms. The van der Waals surface area contributed by atoms with Gasteiger partial charge in [0.1, 0.15) is 21.5 Å². The van der Waals surface area contributed by atoms with Crippen molar-refractivity contribution in [3.63, 3.8) is 0 Å². The molecule has 0 bridgehead atoms. The zero-order chi connectivity index (χ0) is 43.9. The number of hydrogen-bond donors (Lipinski definition) is 2. The summed E-state index contributed by atoms with van der Waals surface area (Å²) in [4.78, 5) is 9.31. The summed E-state index contributed by atoms with van der Waals surface area (Å²) in [6.45, 7) is -0.985. The van der Waals surface area contributed by atoms with E-state index < -0.39 is 140 Å². The predicted octanol–water partition coefficient (Wildman–Crippen LogP) is -15.6. The second-order valence-electron chi connectivity index (χ2n) is 10.9. The topological polar surface area (TPSA) is 428 Å². The van der Waals surface area contributed by atoms with E-state index in [4.69, 9.17) is 5.73 Å². The molecule has 0 spiro atoms. The van der Waals surface area contributed by atoms with Crippen molar-refractivity contribution in [1.82, 2.24) is 0 Å². The van der Waals surface area contributed by atoms with Crippen LogP contribution in [0.5, 0.6) is 5.75 Å². The van der Waals surface area contributed by atoms with E-state index in [1.165, 1.54) is 0 Å². The first kappa shape index (κ1) is 66.4. The predicted molar refractivity (Wildman–Crippen MR) is 187 cm³/mol. The Kier molecular flexibility index (Phi) is 30.0. The molecule has 4 rings (SSSR count). The van der Waals surface area contributed by atoms with Crippen LogP contribution in [0.25, 0.3) is 10.8 Å². The van der Waals surface area contributed by atoms with E-state index in [9.17, 15) is 72.5 Å². The number of benzene rings is 4. The van der Waals surface area contributed by atoms with E-state index in [2.05, 4.69) is 43.4 Å². The first-order chi connectivity index (χ1) is 27.5. The fraction of sp³-hybridized carbons (Fsp3) is 0.148. The van der Waals surface area contributed by atoms with Crippen LogP contribution in [0.15, 0.2) is 94.6 Å². The Morgan fingerprint density at radius 1 is 0.766 bits per heavy atom. The molecule has 320 valence electrons. The van der Waals surface area contributed by atoms with Crippen molar-refractivity contribution >= 4 is 108 Å². The van der Waals surface area contributed by atoms with Crippen molar-refractivity contribution in [1.29, 1.82) is 0 Å². The summed E-state index contributed by atoms with van der Waals surface area (Å²) in [5, 5.41) is 64.3. The molecule has 0 aliphatic heterocycles. The Bertz CT molecular complexity index is 2830. The van der Waals surface area contributed by atoms with Crippen molar-refractivity contribution in [2.45, 2.75) is 19.6 Å². The van der Waals surface area contributed by atoms with Gasteiger partial charge in [-0.2, -0.15) is 9.45 Å². The number of phenols is 1. The Hall–Kier alpha value is 0.350. The number of nitrogen functional groups attached to an aromatic ring is 1. The molecule has 64 heavy (non-hydrogen) atoms. The Morgan fingerprint density at radius 2 is 1.34 bits per heavy atom. The summed E-state index contributed by atoms with van der Waals surface area (Å²) >= 11 is -2.45. The number of rotatable bonds is 20. The Morgan fingerprint density at radius 3 is 1.89 bits per heavy atom. The average Bonchev–Trinajstić information content (AvgIpc) is 3.14.